The van der Waals surface area contributed by atoms with Crippen LogP contribution in [0.15, 0.2) is 24.3 Å². The molecule has 1 heterocycles. The molecule has 94 valence electrons. The van der Waals surface area contributed by atoms with Crippen LogP contribution in [0.3, 0.4) is 0 Å². The molecule has 0 aliphatic carbocycles. The predicted molar refractivity (Wildman–Crippen MR) is 79.0 cm³/mol. The molecule has 0 saturated carbocycles. The fraction of sp³-hybridized carbons (Fsp3) is 0.600. The van der Waals surface area contributed by atoms with Crippen molar-refractivity contribution in [1.29, 1.82) is 0 Å². The highest BCUT2D eigenvalue weighted by atomic mass is 32.2. The van der Waals surface area contributed by atoms with Crippen LogP contribution in [-0.4, -0.2) is 17.5 Å². The molecule has 0 spiro atoms. The summed E-state index contributed by atoms with van der Waals surface area (Å²) in [4.78, 5) is 0. The third-order valence-electron chi connectivity index (χ3n) is 3.59. The summed E-state index contributed by atoms with van der Waals surface area (Å²) < 4.78 is 0. The molecule has 0 saturated heterocycles. The summed E-state index contributed by atoms with van der Waals surface area (Å²) in [5.74, 6) is 2.16. The van der Waals surface area contributed by atoms with Gasteiger partial charge in [0.25, 0.3) is 0 Å². The van der Waals surface area contributed by atoms with Gasteiger partial charge in [-0.1, -0.05) is 38.5 Å². The lowest BCUT2D eigenvalue weighted by Gasteiger charge is -2.16. The van der Waals surface area contributed by atoms with Gasteiger partial charge in [-0.2, -0.15) is 11.8 Å². The first-order chi connectivity index (χ1) is 8.29. The Bertz CT molecular complexity index is 324. The summed E-state index contributed by atoms with van der Waals surface area (Å²) in [5, 5.41) is 4.37. The Balaban J connectivity index is 1.86. The maximum Gasteiger partial charge on any atom is 0.0373 e. The molecule has 1 aromatic carbocycles. The number of anilines is 1. The number of nitrogens with one attached hydrogen (secondary N) is 1. The van der Waals surface area contributed by atoms with E-state index in [0.717, 1.165) is 17.7 Å². The summed E-state index contributed by atoms with van der Waals surface area (Å²) in [6.45, 7) is 5.76. The van der Waals surface area contributed by atoms with Crippen molar-refractivity contribution in [2.75, 3.05) is 17.6 Å². The van der Waals surface area contributed by atoms with Gasteiger partial charge in [0.1, 0.15) is 0 Å². The van der Waals surface area contributed by atoms with Gasteiger partial charge in [-0.15, -0.1) is 0 Å². The van der Waals surface area contributed by atoms with Crippen LogP contribution in [0.25, 0.3) is 0 Å². The zero-order chi connectivity index (χ0) is 12.1. The van der Waals surface area contributed by atoms with Gasteiger partial charge in [0.15, 0.2) is 0 Å². The van der Waals surface area contributed by atoms with Crippen molar-refractivity contribution >= 4 is 17.4 Å². The van der Waals surface area contributed by atoms with E-state index in [1.807, 2.05) is 0 Å². The fourth-order valence-electron chi connectivity index (χ4n) is 2.11. The molecule has 1 N–H and O–H groups in total. The first-order valence-electron chi connectivity index (χ1n) is 6.73. The lowest BCUT2D eigenvalue weighted by molar-refractivity contribution is 0.634. The molecule has 1 aliphatic heterocycles. The Morgan fingerprint density at radius 1 is 1.41 bits per heavy atom. The lowest BCUT2D eigenvalue weighted by atomic mass is 10.1. The number of rotatable bonds is 4. The monoisotopic (exact) mass is 249 g/mol. The molecule has 0 bridgehead atoms. The molecule has 2 heteroatoms. The number of para-hydroxylation sites is 1. The van der Waals surface area contributed by atoms with Crippen molar-refractivity contribution in [3.05, 3.63) is 29.8 Å². The molecule has 1 nitrogen and oxygen atoms in total. The SMILES string of the molecule is CCC(C)CSC1CCc2ccccc2NC1. The zero-order valence-corrected chi connectivity index (χ0v) is 11.7. The number of thioether (sulfide) groups is 1. The Hall–Kier alpha value is -0.630. The van der Waals surface area contributed by atoms with E-state index in [2.05, 4.69) is 55.2 Å². The van der Waals surface area contributed by atoms with E-state index in [4.69, 9.17) is 0 Å². The van der Waals surface area contributed by atoms with Gasteiger partial charge >= 0.3 is 0 Å². The van der Waals surface area contributed by atoms with E-state index >= 15 is 0 Å². The molecule has 0 amide bonds. The second kappa shape index (κ2) is 6.34. The largest absolute Gasteiger partial charge is 0.384 e. The average Bonchev–Trinajstić information content (AvgIpc) is 2.58. The molecule has 1 aliphatic rings. The van der Waals surface area contributed by atoms with Crippen molar-refractivity contribution in [3.8, 4) is 0 Å². The van der Waals surface area contributed by atoms with Crippen LogP contribution in [0.5, 0.6) is 0 Å². The molecule has 1 aromatic rings. The molecule has 0 radical (unpaired) electrons. The summed E-state index contributed by atoms with van der Waals surface area (Å²) in [6.07, 6.45) is 3.83. The lowest BCUT2D eigenvalue weighted by Crippen LogP contribution is -2.16. The average molecular weight is 249 g/mol. The van der Waals surface area contributed by atoms with E-state index in [1.165, 1.54) is 36.3 Å². The molecule has 17 heavy (non-hydrogen) atoms. The summed E-state index contributed by atoms with van der Waals surface area (Å²) >= 11 is 2.15. The third-order valence-corrected chi connectivity index (χ3v) is 5.22. The minimum Gasteiger partial charge on any atom is -0.384 e. The van der Waals surface area contributed by atoms with Crippen molar-refractivity contribution < 1.29 is 0 Å². The minimum atomic E-state index is 0.774. The van der Waals surface area contributed by atoms with Gasteiger partial charge in [0, 0.05) is 17.5 Å². The Morgan fingerprint density at radius 2 is 2.24 bits per heavy atom. The highest BCUT2D eigenvalue weighted by molar-refractivity contribution is 7.99. The summed E-state index contributed by atoms with van der Waals surface area (Å²) in [5.41, 5.74) is 2.83. The van der Waals surface area contributed by atoms with Gasteiger partial charge in [-0.3, -0.25) is 0 Å². The normalized spacial score (nSPS) is 21.2. The number of fused-ring (bicyclic) bond motifs is 1. The molecule has 2 atom stereocenters. The predicted octanol–water partition coefficient (Wildman–Crippen LogP) is 4.19. The highest BCUT2D eigenvalue weighted by Crippen LogP contribution is 2.27. The van der Waals surface area contributed by atoms with Crippen LogP contribution in [0.1, 0.15) is 32.3 Å². The van der Waals surface area contributed by atoms with Gasteiger partial charge in [-0.05, 0) is 36.1 Å². The van der Waals surface area contributed by atoms with Crippen molar-refractivity contribution in [1.82, 2.24) is 0 Å². The van der Waals surface area contributed by atoms with Crippen LogP contribution in [0.4, 0.5) is 5.69 Å². The number of hydrogen-bond acceptors (Lipinski definition) is 2. The first kappa shape index (κ1) is 12.8. The molecule has 0 aromatic heterocycles. The van der Waals surface area contributed by atoms with Crippen LogP contribution >= 0.6 is 11.8 Å². The maximum atomic E-state index is 3.60. The van der Waals surface area contributed by atoms with Crippen LogP contribution in [-0.2, 0) is 6.42 Å². The topological polar surface area (TPSA) is 12.0 Å². The van der Waals surface area contributed by atoms with Crippen molar-refractivity contribution in [2.24, 2.45) is 5.92 Å². The van der Waals surface area contributed by atoms with E-state index in [9.17, 15) is 0 Å². The Labute approximate surface area is 109 Å². The van der Waals surface area contributed by atoms with E-state index in [-0.39, 0.29) is 0 Å². The molecular weight excluding hydrogens is 226 g/mol. The summed E-state index contributed by atoms with van der Waals surface area (Å²) in [7, 11) is 0. The number of hydrogen-bond donors (Lipinski definition) is 1. The smallest absolute Gasteiger partial charge is 0.0373 e. The molecule has 2 unspecified atom stereocenters. The standard InChI is InChI=1S/C15H23NS/c1-3-12(2)11-17-14-9-8-13-6-4-5-7-15(13)16-10-14/h4-7,12,14,16H,3,8-11H2,1-2H3. The second-order valence-electron chi connectivity index (χ2n) is 5.05. The summed E-state index contributed by atoms with van der Waals surface area (Å²) in [6, 6.07) is 8.73. The van der Waals surface area contributed by atoms with Crippen molar-refractivity contribution in [3.63, 3.8) is 0 Å². The van der Waals surface area contributed by atoms with Crippen LogP contribution in [0, 0.1) is 5.92 Å². The van der Waals surface area contributed by atoms with Crippen LogP contribution < -0.4 is 5.32 Å². The Morgan fingerprint density at radius 3 is 3.06 bits per heavy atom. The van der Waals surface area contributed by atoms with E-state index in [1.54, 1.807) is 0 Å². The van der Waals surface area contributed by atoms with Crippen LogP contribution in [0.2, 0.25) is 0 Å². The second-order valence-corrected chi connectivity index (χ2v) is 6.38. The molecule has 0 fully saturated rings. The number of benzene rings is 1. The fourth-order valence-corrected chi connectivity index (χ4v) is 3.44. The van der Waals surface area contributed by atoms with Gasteiger partial charge in [-0.25, -0.2) is 0 Å². The number of aryl methyl sites for hydroxylation is 1. The first-order valence-corrected chi connectivity index (χ1v) is 7.78. The van der Waals surface area contributed by atoms with Gasteiger partial charge < -0.3 is 5.32 Å². The van der Waals surface area contributed by atoms with Gasteiger partial charge in [0.2, 0.25) is 0 Å². The zero-order valence-electron chi connectivity index (χ0n) is 10.9. The maximum absolute atomic E-state index is 3.60. The van der Waals surface area contributed by atoms with E-state index < -0.39 is 0 Å². The highest BCUT2D eigenvalue weighted by Gasteiger charge is 2.16. The third kappa shape index (κ3) is 3.67. The minimum absolute atomic E-state index is 0.774. The van der Waals surface area contributed by atoms with E-state index in [0.29, 0.717) is 0 Å². The molecular formula is C15H23NS. The van der Waals surface area contributed by atoms with Crippen molar-refractivity contribution in [2.45, 2.75) is 38.4 Å². The quantitative estimate of drug-likeness (QED) is 0.858. The molecule has 2 rings (SSSR count). The Kier molecular flexibility index (Phi) is 4.78. The van der Waals surface area contributed by atoms with Gasteiger partial charge in [0.05, 0.1) is 0 Å².